The molecular weight excluding hydrogens is 212 g/mol. The van der Waals surface area contributed by atoms with Gasteiger partial charge < -0.3 is 9.64 Å². The topological polar surface area (TPSA) is 36.3 Å². The van der Waals surface area contributed by atoms with Gasteiger partial charge in [0.15, 0.2) is 0 Å². The second-order valence-corrected chi connectivity index (χ2v) is 4.42. The normalized spacial score (nSPS) is 21.0. The van der Waals surface area contributed by atoms with E-state index in [9.17, 15) is 0 Å². The largest absolute Gasteiger partial charge is 0.376 e. The first-order chi connectivity index (χ1) is 8.31. The van der Waals surface area contributed by atoms with Crippen molar-refractivity contribution in [2.45, 2.75) is 25.9 Å². The molecule has 0 radical (unpaired) electrons. The second-order valence-electron chi connectivity index (χ2n) is 4.42. The van der Waals surface area contributed by atoms with Crippen LogP contribution in [0.1, 0.15) is 25.3 Å². The molecule has 0 aromatic heterocycles. The third-order valence-electron chi connectivity index (χ3n) is 3.17. The van der Waals surface area contributed by atoms with E-state index in [4.69, 9.17) is 10.1 Å². The molecule has 1 fully saturated rings. The number of hydrogen-bond donors (Lipinski definition) is 1. The van der Waals surface area contributed by atoms with Gasteiger partial charge in [0.1, 0.15) is 5.84 Å². The van der Waals surface area contributed by atoms with Crippen molar-refractivity contribution in [2.24, 2.45) is 0 Å². The van der Waals surface area contributed by atoms with Crippen molar-refractivity contribution in [2.75, 3.05) is 19.7 Å². The fourth-order valence-corrected chi connectivity index (χ4v) is 2.12. The first kappa shape index (κ1) is 12.1. The lowest BCUT2D eigenvalue weighted by Gasteiger charge is -2.25. The molecule has 2 rings (SSSR count). The number of nitrogens with zero attached hydrogens (tertiary/aromatic N) is 1. The Balaban J connectivity index is 2.08. The molecule has 0 bridgehead atoms. The van der Waals surface area contributed by atoms with Gasteiger partial charge in [0.05, 0.1) is 6.10 Å². The van der Waals surface area contributed by atoms with Gasteiger partial charge in [-0.3, -0.25) is 5.41 Å². The molecule has 1 unspecified atom stereocenters. The first-order valence-electron chi connectivity index (χ1n) is 6.31. The van der Waals surface area contributed by atoms with Crippen LogP contribution in [0.5, 0.6) is 0 Å². The van der Waals surface area contributed by atoms with Crippen LogP contribution in [-0.4, -0.2) is 36.5 Å². The summed E-state index contributed by atoms with van der Waals surface area (Å²) < 4.78 is 5.73. The zero-order valence-electron chi connectivity index (χ0n) is 10.4. The second kappa shape index (κ2) is 5.82. The minimum atomic E-state index is 0.265. The molecule has 92 valence electrons. The summed E-state index contributed by atoms with van der Waals surface area (Å²) in [5.74, 6) is 0.620. The third kappa shape index (κ3) is 3.07. The summed E-state index contributed by atoms with van der Waals surface area (Å²) in [6.45, 7) is 4.71. The molecule has 0 amide bonds. The highest BCUT2D eigenvalue weighted by Gasteiger charge is 2.19. The van der Waals surface area contributed by atoms with Gasteiger partial charge in [0.2, 0.25) is 0 Å². The highest BCUT2D eigenvalue weighted by atomic mass is 16.5. The molecule has 0 saturated carbocycles. The number of hydrogen-bond acceptors (Lipinski definition) is 2. The predicted octanol–water partition coefficient (Wildman–Crippen LogP) is 2.51. The smallest absolute Gasteiger partial charge is 0.128 e. The molecule has 1 aromatic carbocycles. The van der Waals surface area contributed by atoms with Crippen LogP contribution < -0.4 is 0 Å². The number of benzene rings is 1. The lowest BCUT2D eigenvalue weighted by molar-refractivity contribution is 0.0584. The SMILES string of the molecule is CCC1CN(C(=N)c2ccccc2)CCCO1. The summed E-state index contributed by atoms with van der Waals surface area (Å²) >= 11 is 0. The maximum Gasteiger partial charge on any atom is 0.128 e. The molecule has 3 heteroatoms. The van der Waals surface area contributed by atoms with Crippen molar-refractivity contribution in [1.29, 1.82) is 5.41 Å². The highest BCUT2D eigenvalue weighted by Crippen LogP contribution is 2.12. The van der Waals surface area contributed by atoms with E-state index in [0.29, 0.717) is 5.84 Å². The highest BCUT2D eigenvalue weighted by molar-refractivity contribution is 5.96. The molecule has 17 heavy (non-hydrogen) atoms. The lowest BCUT2D eigenvalue weighted by Crippen LogP contribution is -2.36. The molecular formula is C14H20N2O. The third-order valence-corrected chi connectivity index (χ3v) is 3.17. The van der Waals surface area contributed by atoms with Gasteiger partial charge in [-0.2, -0.15) is 0 Å². The maximum absolute atomic E-state index is 8.26. The van der Waals surface area contributed by atoms with Crippen LogP contribution in [-0.2, 0) is 4.74 Å². The molecule has 1 N–H and O–H groups in total. The summed E-state index contributed by atoms with van der Waals surface area (Å²) in [7, 11) is 0. The van der Waals surface area contributed by atoms with Crippen LogP contribution in [0.3, 0.4) is 0 Å². The van der Waals surface area contributed by atoms with E-state index >= 15 is 0 Å². The van der Waals surface area contributed by atoms with E-state index in [2.05, 4.69) is 11.8 Å². The predicted molar refractivity (Wildman–Crippen MR) is 69.5 cm³/mol. The standard InChI is InChI=1S/C14H20N2O/c1-2-13-11-16(9-6-10-17-13)14(15)12-7-4-3-5-8-12/h3-5,7-8,13,15H,2,6,9-11H2,1H3. The Morgan fingerprint density at radius 2 is 2.18 bits per heavy atom. The quantitative estimate of drug-likeness (QED) is 0.628. The van der Waals surface area contributed by atoms with Gasteiger partial charge in [-0.05, 0) is 12.8 Å². The minimum Gasteiger partial charge on any atom is -0.376 e. The Labute approximate surface area is 103 Å². The van der Waals surface area contributed by atoms with Crippen molar-refractivity contribution >= 4 is 5.84 Å². The van der Waals surface area contributed by atoms with E-state index in [1.54, 1.807) is 0 Å². The lowest BCUT2D eigenvalue weighted by atomic mass is 10.1. The van der Waals surface area contributed by atoms with Crippen LogP contribution in [0.2, 0.25) is 0 Å². The van der Waals surface area contributed by atoms with E-state index < -0.39 is 0 Å². The molecule has 0 aliphatic carbocycles. The fourth-order valence-electron chi connectivity index (χ4n) is 2.12. The Kier molecular flexibility index (Phi) is 4.15. The summed E-state index contributed by atoms with van der Waals surface area (Å²) in [5, 5.41) is 8.26. The van der Waals surface area contributed by atoms with E-state index in [0.717, 1.165) is 38.1 Å². The van der Waals surface area contributed by atoms with Crippen molar-refractivity contribution < 1.29 is 4.74 Å². The molecule has 1 atom stereocenters. The van der Waals surface area contributed by atoms with Gasteiger partial charge in [-0.1, -0.05) is 37.3 Å². The number of amidine groups is 1. The molecule has 1 heterocycles. The zero-order chi connectivity index (χ0) is 12.1. The van der Waals surface area contributed by atoms with Gasteiger partial charge in [-0.15, -0.1) is 0 Å². The van der Waals surface area contributed by atoms with Crippen molar-refractivity contribution in [3.05, 3.63) is 35.9 Å². The summed E-state index contributed by atoms with van der Waals surface area (Å²) in [6.07, 6.45) is 2.28. The first-order valence-corrected chi connectivity index (χ1v) is 6.31. The molecule has 1 aromatic rings. The van der Waals surface area contributed by atoms with Crippen LogP contribution in [0.25, 0.3) is 0 Å². The molecule has 1 saturated heterocycles. The van der Waals surface area contributed by atoms with Crippen LogP contribution in [0.15, 0.2) is 30.3 Å². The number of rotatable bonds is 2. The summed E-state index contributed by atoms with van der Waals surface area (Å²) in [6, 6.07) is 9.94. The summed E-state index contributed by atoms with van der Waals surface area (Å²) in [4.78, 5) is 2.14. The van der Waals surface area contributed by atoms with E-state index in [1.807, 2.05) is 30.3 Å². The van der Waals surface area contributed by atoms with Crippen LogP contribution in [0.4, 0.5) is 0 Å². The van der Waals surface area contributed by atoms with Crippen molar-refractivity contribution in [1.82, 2.24) is 4.90 Å². The van der Waals surface area contributed by atoms with Gasteiger partial charge in [-0.25, -0.2) is 0 Å². The molecule has 1 aliphatic rings. The average Bonchev–Trinajstić information content (AvgIpc) is 2.64. The zero-order valence-corrected chi connectivity index (χ0v) is 10.4. The Morgan fingerprint density at radius 1 is 1.41 bits per heavy atom. The number of ether oxygens (including phenoxy) is 1. The van der Waals surface area contributed by atoms with Gasteiger partial charge in [0.25, 0.3) is 0 Å². The summed E-state index contributed by atoms with van der Waals surface area (Å²) in [5.41, 5.74) is 0.990. The minimum absolute atomic E-state index is 0.265. The Morgan fingerprint density at radius 3 is 2.88 bits per heavy atom. The molecule has 0 spiro atoms. The van der Waals surface area contributed by atoms with Crippen LogP contribution >= 0.6 is 0 Å². The van der Waals surface area contributed by atoms with Crippen molar-refractivity contribution in [3.8, 4) is 0 Å². The monoisotopic (exact) mass is 232 g/mol. The van der Waals surface area contributed by atoms with Gasteiger partial charge in [0, 0.05) is 25.3 Å². The number of nitrogens with one attached hydrogen (secondary N) is 1. The van der Waals surface area contributed by atoms with Crippen molar-refractivity contribution in [3.63, 3.8) is 0 Å². The van der Waals surface area contributed by atoms with E-state index in [1.165, 1.54) is 0 Å². The Bertz CT molecular complexity index is 364. The molecule has 3 nitrogen and oxygen atoms in total. The Hall–Kier alpha value is -1.35. The fraction of sp³-hybridized carbons (Fsp3) is 0.500. The maximum atomic E-state index is 8.26. The molecule has 1 aliphatic heterocycles. The van der Waals surface area contributed by atoms with E-state index in [-0.39, 0.29) is 6.10 Å². The van der Waals surface area contributed by atoms with Crippen LogP contribution in [0, 0.1) is 5.41 Å². The van der Waals surface area contributed by atoms with Gasteiger partial charge >= 0.3 is 0 Å². The average molecular weight is 232 g/mol.